The number of piperidine rings is 1. The summed E-state index contributed by atoms with van der Waals surface area (Å²) in [7, 11) is 0. The van der Waals surface area contributed by atoms with Gasteiger partial charge in [0, 0.05) is 32.0 Å². The van der Waals surface area contributed by atoms with Crippen LogP contribution in [-0.2, 0) is 9.53 Å². The van der Waals surface area contributed by atoms with Crippen molar-refractivity contribution in [1.82, 2.24) is 19.9 Å². The highest BCUT2D eigenvalue weighted by Gasteiger charge is 2.51. The molecule has 1 aliphatic carbocycles. The molecule has 2 atom stereocenters. The number of ether oxygens (including phenoxy) is 1. The predicted molar refractivity (Wildman–Crippen MR) is 103 cm³/mol. The second-order valence-corrected chi connectivity index (χ2v) is 8.05. The van der Waals surface area contributed by atoms with Crippen LogP contribution in [0.4, 0.5) is 5.82 Å². The van der Waals surface area contributed by atoms with Crippen LogP contribution < -0.4 is 5.32 Å². The number of hydrogen-bond donors (Lipinski definition) is 2. The van der Waals surface area contributed by atoms with Crippen molar-refractivity contribution in [3.05, 3.63) is 30.7 Å². The number of amides is 1. The van der Waals surface area contributed by atoms with E-state index in [0.29, 0.717) is 18.5 Å². The first kappa shape index (κ1) is 16.7. The second-order valence-electron chi connectivity index (χ2n) is 8.05. The quantitative estimate of drug-likeness (QED) is 0.812. The van der Waals surface area contributed by atoms with Crippen molar-refractivity contribution in [2.45, 2.75) is 49.6 Å². The van der Waals surface area contributed by atoms with Gasteiger partial charge in [-0.15, -0.1) is 0 Å². The van der Waals surface area contributed by atoms with Crippen LogP contribution in [0.15, 0.2) is 25.2 Å². The number of nitrogens with zero attached hydrogens (tertiary/aromatic N) is 3. The monoisotopic (exact) mass is 367 g/mol. The molecule has 2 aromatic rings. The Labute approximate surface area is 158 Å². The zero-order valence-corrected chi connectivity index (χ0v) is 15.4. The van der Waals surface area contributed by atoms with Gasteiger partial charge in [-0.3, -0.25) is 4.79 Å². The summed E-state index contributed by atoms with van der Waals surface area (Å²) in [5.41, 5.74) is 2.05. The fourth-order valence-electron chi connectivity index (χ4n) is 5.15. The maximum atomic E-state index is 12.2. The van der Waals surface area contributed by atoms with E-state index in [2.05, 4.69) is 33.0 Å². The minimum Gasteiger partial charge on any atom is -0.381 e. The van der Waals surface area contributed by atoms with Gasteiger partial charge < -0.3 is 19.9 Å². The third-order valence-corrected chi connectivity index (χ3v) is 6.50. The van der Waals surface area contributed by atoms with Crippen molar-refractivity contribution in [3.63, 3.8) is 0 Å². The topological polar surface area (TPSA) is 83.1 Å². The lowest BCUT2D eigenvalue weighted by atomic mass is 9.91. The number of fused-ring (bicyclic) bond motifs is 3. The molecule has 2 aliphatic heterocycles. The van der Waals surface area contributed by atoms with Crippen LogP contribution in [0.5, 0.6) is 0 Å². The molecule has 7 nitrogen and oxygen atoms in total. The van der Waals surface area contributed by atoms with Crippen LogP contribution in [-0.4, -0.2) is 57.1 Å². The fraction of sp³-hybridized carbons (Fsp3) is 0.550. The van der Waals surface area contributed by atoms with Crippen LogP contribution in [0, 0.1) is 0 Å². The van der Waals surface area contributed by atoms with Gasteiger partial charge >= 0.3 is 0 Å². The molecule has 3 fully saturated rings. The van der Waals surface area contributed by atoms with E-state index in [1.807, 2.05) is 4.90 Å². The van der Waals surface area contributed by atoms with Gasteiger partial charge in [0.25, 0.3) is 0 Å². The minimum absolute atomic E-state index is 0.0285. The summed E-state index contributed by atoms with van der Waals surface area (Å²) in [6.45, 7) is 5.97. The molecular weight excluding hydrogens is 342 g/mol. The van der Waals surface area contributed by atoms with Gasteiger partial charge in [-0.2, -0.15) is 0 Å². The van der Waals surface area contributed by atoms with Crippen molar-refractivity contribution in [1.29, 1.82) is 0 Å². The molecule has 1 saturated carbocycles. The highest BCUT2D eigenvalue weighted by Crippen LogP contribution is 2.44. The molecule has 7 heteroatoms. The molecule has 2 bridgehead atoms. The highest BCUT2D eigenvalue weighted by atomic mass is 16.5. The van der Waals surface area contributed by atoms with E-state index in [-0.39, 0.29) is 11.4 Å². The van der Waals surface area contributed by atoms with Crippen molar-refractivity contribution in [2.75, 3.05) is 25.1 Å². The van der Waals surface area contributed by atoms with E-state index in [1.165, 1.54) is 11.6 Å². The second kappa shape index (κ2) is 6.34. The molecule has 142 valence electrons. The van der Waals surface area contributed by atoms with Crippen LogP contribution in [0.2, 0.25) is 0 Å². The Bertz CT molecular complexity index is 888. The lowest BCUT2D eigenvalue weighted by Gasteiger charge is -2.33. The third-order valence-electron chi connectivity index (χ3n) is 6.50. The molecule has 2 aromatic heterocycles. The number of nitrogens with one attached hydrogen (secondary N) is 2. The van der Waals surface area contributed by atoms with Gasteiger partial charge in [0.1, 0.15) is 17.8 Å². The zero-order chi connectivity index (χ0) is 18.4. The molecule has 4 heterocycles. The first-order chi connectivity index (χ1) is 13.2. The van der Waals surface area contributed by atoms with E-state index in [4.69, 9.17) is 4.74 Å². The van der Waals surface area contributed by atoms with Crippen molar-refractivity contribution >= 4 is 22.8 Å². The van der Waals surface area contributed by atoms with Crippen molar-refractivity contribution in [2.24, 2.45) is 0 Å². The Morgan fingerprint density at radius 3 is 3.04 bits per heavy atom. The van der Waals surface area contributed by atoms with Crippen LogP contribution >= 0.6 is 0 Å². The number of rotatable bonds is 4. The van der Waals surface area contributed by atoms with E-state index in [0.717, 1.165) is 62.2 Å². The third kappa shape index (κ3) is 2.72. The Balaban J connectivity index is 1.48. The fourth-order valence-corrected chi connectivity index (χ4v) is 5.15. The number of likely N-dealkylation sites (tertiary alicyclic amines) is 1. The normalized spacial score (nSPS) is 28.0. The minimum atomic E-state index is -0.102. The van der Waals surface area contributed by atoms with E-state index >= 15 is 0 Å². The molecule has 0 radical (unpaired) electrons. The molecule has 3 aliphatic rings. The van der Waals surface area contributed by atoms with Gasteiger partial charge in [-0.1, -0.05) is 6.58 Å². The Morgan fingerprint density at radius 2 is 2.22 bits per heavy atom. The van der Waals surface area contributed by atoms with Crippen LogP contribution in [0.3, 0.4) is 0 Å². The molecule has 27 heavy (non-hydrogen) atoms. The zero-order valence-electron chi connectivity index (χ0n) is 15.4. The number of carbonyl (C=O) groups excluding carboxylic acids is 1. The van der Waals surface area contributed by atoms with Crippen LogP contribution in [0.1, 0.15) is 43.6 Å². The summed E-state index contributed by atoms with van der Waals surface area (Å²) >= 11 is 0. The molecule has 2 saturated heterocycles. The lowest BCUT2D eigenvalue weighted by molar-refractivity contribution is -0.127. The maximum absolute atomic E-state index is 12.2. The van der Waals surface area contributed by atoms with Crippen LogP contribution in [0.25, 0.3) is 11.0 Å². The first-order valence-electron chi connectivity index (χ1n) is 9.80. The SMILES string of the molecule is C=CC(=O)N1CC2(Nc3ncnc4[nH]cc(C5CCOCC5)c34)CCC1C2. The first-order valence-corrected chi connectivity index (χ1v) is 9.80. The molecule has 0 spiro atoms. The smallest absolute Gasteiger partial charge is 0.246 e. The summed E-state index contributed by atoms with van der Waals surface area (Å²) in [4.78, 5) is 26.5. The van der Waals surface area contributed by atoms with Gasteiger partial charge in [0.2, 0.25) is 5.91 Å². The van der Waals surface area contributed by atoms with E-state index in [9.17, 15) is 4.79 Å². The van der Waals surface area contributed by atoms with Crippen molar-refractivity contribution < 1.29 is 9.53 Å². The summed E-state index contributed by atoms with van der Waals surface area (Å²) in [6, 6.07) is 0.307. The molecule has 5 rings (SSSR count). The highest BCUT2D eigenvalue weighted by molar-refractivity contribution is 5.91. The number of H-pyrrole nitrogens is 1. The van der Waals surface area contributed by atoms with Gasteiger partial charge in [0.05, 0.1) is 10.9 Å². The summed E-state index contributed by atoms with van der Waals surface area (Å²) < 4.78 is 5.53. The Kier molecular flexibility index (Phi) is 3.93. The number of hydrogen-bond acceptors (Lipinski definition) is 5. The Hall–Kier alpha value is -2.41. The largest absolute Gasteiger partial charge is 0.381 e. The average Bonchev–Trinajstić information content (AvgIpc) is 3.41. The standard InChI is InChI=1S/C20H25N5O2/c1-2-16(26)25-11-20(6-3-14(25)9-20)24-19-17-15(13-4-7-27-8-5-13)10-21-18(17)22-12-23-19/h2,10,12-14H,1,3-9,11H2,(H2,21,22,23,24). The van der Waals surface area contributed by atoms with Gasteiger partial charge in [-0.05, 0) is 49.7 Å². The maximum Gasteiger partial charge on any atom is 0.246 e. The summed E-state index contributed by atoms with van der Waals surface area (Å²) in [5, 5.41) is 4.83. The number of carbonyl (C=O) groups is 1. The predicted octanol–water partition coefficient (Wildman–Crippen LogP) is 2.58. The number of anilines is 1. The summed E-state index contributed by atoms with van der Waals surface area (Å²) in [6.07, 6.45) is 10.2. The van der Waals surface area contributed by atoms with Crippen molar-refractivity contribution in [3.8, 4) is 0 Å². The van der Waals surface area contributed by atoms with E-state index in [1.54, 1.807) is 6.33 Å². The summed E-state index contributed by atoms with van der Waals surface area (Å²) in [5.74, 6) is 1.38. The number of aromatic nitrogens is 3. The number of aromatic amines is 1. The Morgan fingerprint density at radius 1 is 1.37 bits per heavy atom. The molecule has 1 amide bonds. The van der Waals surface area contributed by atoms with Gasteiger partial charge in [-0.25, -0.2) is 9.97 Å². The molecule has 2 N–H and O–H groups in total. The van der Waals surface area contributed by atoms with E-state index < -0.39 is 0 Å². The molecule has 2 unspecified atom stereocenters. The molecule has 0 aromatic carbocycles. The molecular formula is C20H25N5O2. The van der Waals surface area contributed by atoms with Gasteiger partial charge in [0.15, 0.2) is 0 Å². The average molecular weight is 367 g/mol. The lowest BCUT2D eigenvalue weighted by Crippen LogP contribution is -2.45.